The summed E-state index contributed by atoms with van der Waals surface area (Å²) >= 11 is 0. The molecule has 2 aromatic rings. The van der Waals surface area contributed by atoms with E-state index in [-0.39, 0.29) is 11.9 Å². The molecule has 1 aliphatic rings. The van der Waals surface area contributed by atoms with E-state index in [9.17, 15) is 4.79 Å². The van der Waals surface area contributed by atoms with Crippen LogP contribution in [-0.4, -0.2) is 25.0 Å². The highest BCUT2D eigenvalue weighted by molar-refractivity contribution is 6.05. The molecule has 1 N–H and O–H groups in total. The normalized spacial score (nSPS) is 20.4. The molecule has 0 bridgehead atoms. The molecule has 1 atom stereocenters. The monoisotopic (exact) mass is 240 g/mol. The second kappa shape index (κ2) is 4.42. The minimum Gasteiger partial charge on any atom is -0.309 e. The molecule has 0 radical (unpaired) electrons. The van der Waals surface area contributed by atoms with Gasteiger partial charge >= 0.3 is 0 Å². The predicted octanol–water partition coefficient (Wildman–Crippen LogP) is 2.16. The molecule has 1 saturated heterocycles. The van der Waals surface area contributed by atoms with Crippen LogP contribution in [0.3, 0.4) is 0 Å². The number of benzene rings is 2. The van der Waals surface area contributed by atoms with E-state index in [1.165, 1.54) is 5.39 Å². The molecular formula is C15H16N2O. The van der Waals surface area contributed by atoms with Crippen LogP contribution in [-0.2, 0) is 4.79 Å². The molecule has 0 aromatic heterocycles. The maximum Gasteiger partial charge on any atom is 0.243 e. The van der Waals surface area contributed by atoms with E-state index >= 15 is 0 Å². The Bertz CT molecular complexity index is 589. The summed E-state index contributed by atoms with van der Waals surface area (Å²) < 4.78 is 0. The summed E-state index contributed by atoms with van der Waals surface area (Å²) in [4.78, 5) is 14.1. The third-order valence-corrected chi connectivity index (χ3v) is 3.48. The maximum atomic E-state index is 12.2. The fraction of sp³-hybridized carbons (Fsp3) is 0.267. The van der Waals surface area contributed by atoms with Gasteiger partial charge in [0, 0.05) is 18.5 Å². The van der Waals surface area contributed by atoms with Crippen LogP contribution in [0.4, 0.5) is 5.69 Å². The van der Waals surface area contributed by atoms with Crippen molar-refractivity contribution in [2.45, 2.75) is 13.0 Å². The highest BCUT2D eigenvalue weighted by Crippen LogP contribution is 2.27. The van der Waals surface area contributed by atoms with E-state index in [1.807, 2.05) is 36.1 Å². The van der Waals surface area contributed by atoms with E-state index < -0.39 is 0 Å². The van der Waals surface area contributed by atoms with Crippen LogP contribution in [0.2, 0.25) is 0 Å². The Labute approximate surface area is 106 Å². The number of carbonyl (C=O) groups excluding carboxylic acids is 1. The molecule has 18 heavy (non-hydrogen) atoms. The van der Waals surface area contributed by atoms with E-state index in [1.54, 1.807) is 0 Å². The average Bonchev–Trinajstić information content (AvgIpc) is 2.41. The number of amides is 1. The van der Waals surface area contributed by atoms with Gasteiger partial charge in [0.15, 0.2) is 0 Å². The van der Waals surface area contributed by atoms with Gasteiger partial charge in [0.05, 0.1) is 11.7 Å². The quantitative estimate of drug-likeness (QED) is 0.828. The summed E-state index contributed by atoms with van der Waals surface area (Å²) in [6.07, 6.45) is 0. The van der Waals surface area contributed by atoms with E-state index in [0.29, 0.717) is 0 Å². The molecule has 0 saturated carbocycles. The number of hydrogen-bond donors (Lipinski definition) is 1. The molecule has 3 nitrogen and oxygen atoms in total. The van der Waals surface area contributed by atoms with Crippen molar-refractivity contribution < 1.29 is 4.79 Å². The summed E-state index contributed by atoms with van der Waals surface area (Å²) in [6.45, 7) is 3.49. The van der Waals surface area contributed by atoms with Crippen molar-refractivity contribution in [3.8, 4) is 0 Å². The summed E-state index contributed by atoms with van der Waals surface area (Å²) in [5, 5.41) is 5.50. The number of anilines is 1. The molecule has 3 heteroatoms. The van der Waals surface area contributed by atoms with Gasteiger partial charge in [-0.3, -0.25) is 4.79 Å². The zero-order chi connectivity index (χ0) is 12.5. The largest absolute Gasteiger partial charge is 0.309 e. The molecule has 1 amide bonds. The second-order valence-electron chi connectivity index (χ2n) is 4.66. The second-order valence-corrected chi connectivity index (χ2v) is 4.66. The number of carbonyl (C=O) groups is 1. The first-order valence-corrected chi connectivity index (χ1v) is 6.30. The molecule has 0 aliphatic carbocycles. The fourth-order valence-corrected chi connectivity index (χ4v) is 2.51. The first-order valence-electron chi connectivity index (χ1n) is 6.30. The van der Waals surface area contributed by atoms with Crippen LogP contribution in [0.5, 0.6) is 0 Å². The average molecular weight is 240 g/mol. The van der Waals surface area contributed by atoms with E-state index in [2.05, 4.69) is 23.5 Å². The Morgan fingerprint density at radius 1 is 1.17 bits per heavy atom. The Kier molecular flexibility index (Phi) is 2.76. The SMILES string of the molecule is CC1NCCN(c2cccc3ccccc23)C1=O. The van der Waals surface area contributed by atoms with Crippen molar-refractivity contribution in [1.29, 1.82) is 0 Å². The number of hydrogen-bond acceptors (Lipinski definition) is 2. The molecule has 2 aromatic carbocycles. The zero-order valence-electron chi connectivity index (χ0n) is 10.4. The lowest BCUT2D eigenvalue weighted by molar-refractivity contribution is -0.121. The Hall–Kier alpha value is -1.87. The highest BCUT2D eigenvalue weighted by Gasteiger charge is 2.26. The molecule has 1 aliphatic heterocycles. The molecule has 0 spiro atoms. The third-order valence-electron chi connectivity index (χ3n) is 3.48. The van der Waals surface area contributed by atoms with Gasteiger partial charge in [0.25, 0.3) is 0 Å². The van der Waals surface area contributed by atoms with Gasteiger partial charge < -0.3 is 10.2 Å². The van der Waals surface area contributed by atoms with Crippen molar-refractivity contribution in [2.75, 3.05) is 18.0 Å². The predicted molar refractivity (Wildman–Crippen MR) is 73.8 cm³/mol. The van der Waals surface area contributed by atoms with Gasteiger partial charge in [-0.05, 0) is 18.4 Å². The number of rotatable bonds is 1. The lowest BCUT2D eigenvalue weighted by atomic mass is 10.1. The van der Waals surface area contributed by atoms with E-state index in [4.69, 9.17) is 0 Å². The molecule has 1 heterocycles. The van der Waals surface area contributed by atoms with Crippen LogP contribution in [0.15, 0.2) is 42.5 Å². The first kappa shape index (κ1) is 11.2. The smallest absolute Gasteiger partial charge is 0.243 e. The maximum absolute atomic E-state index is 12.2. The Morgan fingerprint density at radius 3 is 2.83 bits per heavy atom. The standard InChI is InChI=1S/C15H16N2O/c1-11-15(18)17(10-9-16-11)14-8-4-6-12-5-2-3-7-13(12)14/h2-8,11,16H,9-10H2,1H3. The first-order chi connectivity index (χ1) is 8.77. The fourth-order valence-electron chi connectivity index (χ4n) is 2.51. The van der Waals surface area contributed by atoms with Crippen molar-refractivity contribution in [2.24, 2.45) is 0 Å². The summed E-state index contributed by atoms with van der Waals surface area (Å²) in [6, 6.07) is 14.2. The number of fused-ring (bicyclic) bond motifs is 1. The summed E-state index contributed by atoms with van der Waals surface area (Å²) in [7, 11) is 0. The number of piperazine rings is 1. The lowest BCUT2D eigenvalue weighted by Crippen LogP contribution is -2.53. The summed E-state index contributed by atoms with van der Waals surface area (Å²) in [5.41, 5.74) is 1.02. The lowest BCUT2D eigenvalue weighted by Gasteiger charge is -2.32. The van der Waals surface area contributed by atoms with Crippen molar-refractivity contribution in [1.82, 2.24) is 5.32 Å². The van der Waals surface area contributed by atoms with Crippen LogP contribution in [0.25, 0.3) is 10.8 Å². The van der Waals surface area contributed by atoms with Gasteiger partial charge in [0.1, 0.15) is 0 Å². The zero-order valence-corrected chi connectivity index (χ0v) is 10.4. The van der Waals surface area contributed by atoms with Gasteiger partial charge in [-0.2, -0.15) is 0 Å². The highest BCUT2D eigenvalue weighted by atomic mass is 16.2. The molecule has 3 rings (SSSR count). The molecule has 1 fully saturated rings. The van der Waals surface area contributed by atoms with Crippen LogP contribution >= 0.6 is 0 Å². The van der Waals surface area contributed by atoms with Gasteiger partial charge in [0.2, 0.25) is 5.91 Å². The number of nitrogens with one attached hydrogen (secondary N) is 1. The molecule has 1 unspecified atom stereocenters. The van der Waals surface area contributed by atoms with Gasteiger partial charge in [-0.15, -0.1) is 0 Å². The topological polar surface area (TPSA) is 32.3 Å². The Balaban J connectivity index is 2.11. The van der Waals surface area contributed by atoms with Gasteiger partial charge in [-0.25, -0.2) is 0 Å². The van der Waals surface area contributed by atoms with Crippen LogP contribution in [0, 0.1) is 0 Å². The minimum absolute atomic E-state index is 0.0993. The van der Waals surface area contributed by atoms with Crippen molar-refractivity contribution in [3.05, 3.63) is 42.5 Å². The van der Waals surface area contributed by atoms with Gasteiger partial charge in [-0.1, -0.05) is 36.4 Å². The van der Waals surface area contributed by atoms with Crippen LogP contribution in [0.1, 0.15) is 6.92 Å². The van der Waals surface area contributed by atoms with Crippen LogP contribution < -0.4 is 10.2 Å². The third kappa shape index (κ3) is 1.77. The minimum atomic E-state index is -0.0993. The van der Waals surface area contributed by atoms with Crippen molar-refractivity contribution in [3.63, 3.8) is 0 Å². The summed E-state index contributed by atoms with van der Waals surface area (Å²) in [5.74, 6) is 0.151. The number of nitrogens with zero attached hydrogens (tertiary/aromatic N) is 1. The van der Waals surface area contributed by atoms with Crippen molar-refractivity contribution >= 4 is 22.4 Å². The Morgan fingerprint density at radius 2 is 1.94 bits per heavy atom. The molecule has 92 valence electrons. The van der Waals surface area contributed by atoms with E-state index in [0.717, 1.165) is 24.2 Å². The molecular weight excluding hydrogens is 224 g/mol.